The molecule has 2 fully saturated rings. The summed E-state index contributed by atoms with van der Waals surface area (Å²) in [7, 11) is 0. The van der Waals surface area contributed by atoms with Crippen LogP contribution in [0.1, 0.15) is 6.42 Å². The molecule has 2 aliphatic rings. The summed E-state index contributed by atoms with van der Waals surface area (Å²) >= 11 is 0. The second-order valence-electron chi connectivity index (χ2n) is 3.81. The molecule has 2 rings (SSSR count). The summed E-state index contributed by atoms with van der Waals surface area (Å²) in [4.78, 5) is 2.34. The SMILES string of the molecule is O[C@@H]1COC[C@H]1N1CCCNCC1. The van der Waals surface area contributed by atoms with Crippen LogP contribution in [0.2, 0.25) is 0 Å². The molecule has 76 valence electrons. The Morgan fingerprint density at radius 3 is 2.92 bits per heavy atom. The van der Waals surface area contributed by atoms with Crippen molar-refractivity contribution in [3.8, 4) is 0 Å². The second kappa shape index (κ2) is 4.37. The van der Waals surface area contributed by atoms with Crippen LogP contribution in [0, 0.1) is 0 Å². The van der Waals surface area contributed by atoms with E-state index in [1.807, 2.05) is 0 Å². The van der Waals surface area contributed by atoms with Crippen molar-refractivity contribution in [2.45, 2.75) is 18.6 Å². The monoisotopic (exact) mass is 186 g/mol. The lowest BCUT2D eigenvalue weighted by Gasteiger charge is -2.27. The largest absolute Gasteiger partial charge is 0.389 e. The van der Waals surface area contributed by atoms with Gasteiger partial charge in [-0.3, -0.25) is 4.90 Å². The third-order valence-electron chi connectivity index (χ3n) is 2.87. The Morgan fingerprint density at radius 2 is 2.15 bits per heavy atom. The zero-order chi connectivity index (χ0) is 9.10. The third-order valence-corrected chi connectivity index (χ3v) is 2.87. The van der Waals surface area contributed by atoms with Crippen LogP contribution in [-0.4, -0.2) is 61.5 Å². The first-order chi connectivity index (χ1) is 6.38. The van der Waals surface area contributed by atoms with Crippen molar-refractivity contribution in [1.29, 1.82) is 0 Å². The van der Waals surface area contributed by atoms with Crippen LogP contribution < -0.4 is 5.32 Å². The minimum atomic E-state index is -0.280. The van der Waals surface area contributed by atoms with Crippen molar-refractivity contribution in [2.75, 3.05) is 39.4 Å². The van der Waals surface area contributed by atoms with Gasteiger partial charge in [-0.1, -0.05) is 0 Å². The van der Waals surface area contributed by atoms with E-state index in [4.69, 9.17) is 4.74 Å². The fraction of sp³-hybridized carbons (Fsp3) is 1.00. The second-order valence-corrected chi connectivity index (χ2v) is 3.81. The Morgan fingerprint density at radius 1 is 1.23 bits per heavy atom. The highest BCUT2D eigenvalue weighted by Gasteiger charge is 2.31. The summed E-state index contributed by atoms with van der Waals surface area (Å²) in [5.41, 5.74) is 0. The van der Waals surface area contributed by atoms with E-state index in [1.165, 1.54) is 6.42 Å². The van der Waals surface area contributed by atoms with Crippen molar-refractivity contribution < 1.29 is 9.84 Å². The van der Waals surface area contributed by atoms with Crippen molar-refractivity contribution in [2.24, 2.45) is 0 Å². The van der Waals surface area contributed by atoms with Crippen molar-refractivity contribution in [3.05, 3.63) is 0 Å². The molecule has 2 saturated heterocycles. The van der Waals surface area contributed by atoms with Gasteiger partial charge in [0.15, 0.2) is 0 Å². The number of nitrogens with one attached hydrogen (secondary N) is 1. The van der Waals surface area contributed by atoms with Gasteiger partial charge in [-0.25, -0.2) is 0 Å². The molecule has 0 spiro atoms. The minimum absolute atomic E-state index is 0.236. The summed E-state index contributed by atoms with van der Waals surface area (Å²) in [5.74, 6) is 0. The molecule has 0 bridgehead atoms. The molecule has 0 aromatic rings. The van der Waals surface area contributed by atoms with Crippen LogP contribution in [0.3, 0.4) is 0 Å². The summed E-state index contributed by atoms with van der Waals surface area (Å²) in [6.07, 6.45) is 0.890. The van der Waals surface area contributed by atoms with Crippen molar-refractivity contribution >= 4 is 0 Å². The molecule has 13 heavy (non-hydrogen) atoms. The zero-order valence-corrected chi connectivity index (χ0v) is 7.91. The lowest BCUT2D eigenvalue weighted by Crippen LogP contribution is -2.44. The van der Waals surface area contributed by atoms with Gasteiger partial charge in [0.2, 0.25) is 0 Å². The molecule has 0 saturated carbocycles. The number of hydrogen-bond donors (Lipinski definition) is 2. The van der Waals surface area contributed by atoms with Crippen LogP contribution in [0.25, 0.3) is 0 Å². The highest BCUT2D eigenvalue weighted by molar-refractivity contribution is 4.84. The van der Waals surface area contributed by atoms with Crippen LogP contribution >= 0.6 is 0 Å². The van der Waals surface area contributed by atoms with Gasteiger partial charge in [0.05, 0.1) is 25.4 Å². The molecule has 0 aromatic carbocycles. The first kappa shape index (κ1) is 9.40. The van der Waals surface area contributed by atoms with E-state index in [0.717, 1.165) is 26.2 Å². The maximum absolute atomic E-state index is 9.65. The van der Waals surface area contributed by atoms with E-state index >= 15 is 0 Å². The first-order valence-corrected chi connectivity index (χ1v) is 5.08. The molecular weight excluding hydrogens is 168 g/mol. The number of ether oxygens (including phenoxy) is 1. The number of nitrogens with zero attached hydrogens (tertiary/aromatic N) is 1. The Bertz CT molecular complexity index is 158. The van der Waals surface area contributed by atoms with Crippen molar-refractivity contribution in [3.63, 3.8) is 0 Å². The Hall–Kier alpha value is -0.160. The predicted octanol–water partition coefficient (Wildman–Crippen LogP) is -0.959. The number of hydrogen-bond acceptors (Lipinski definition) is 4. The molecule has 0 radical (unpaired) electrons. The predicted molar refractivity (Wildman–Crippen MR) is 49.7 cm³/mol. The van der Waals surface area contributed by atoms with E-state index in [1.54, 1.807) is 0 Å². The summed E-state index contributed by atoms with van der Waals surface area (Å²) < 4.78 is 5.25. The van der Waals surface area contributed by atoms with E-state index < -0.39 is 0 Å². The van der Waals surface area contributed by atoms with Crippen LogP contribution in [-0.2, 0) is 4.74 Å². The third kappa shape index (κ3) is 2.20. The lowest BCUT2D eigenvalue weighted by molar-refractivity contribution is 0.0857. The normalized spacial score (nSPS) is 37.6. The average molecular weight is 186 g/mol. The molecule has 4 heteroatoms. The lowest BCUT2D eigenvalue weighted by atomic mass is 10.2. The molecule has 4 nitrogen and oxygen atoms in total. The average Bonchev–Trinajstić information content (AvgIpc) is 2.43. The van der Waals surface area contributed by atoms with Gasteiger partial charge in [-0.15, -0.1) is 0 Å². The Labute approximate surface area is 78.9 Å². The van der Waals surface area contributed by atoms with Gasteiger partial charge in [0.25, 0.3) is 0 Å². The fourth-order valence-corrected chi connectivity index (χ4v) is 2.08. The maximum Gasteiger partial charge on any atom is 0.0950 e. The van der Waals surface area contributed by atoms with Gasteiger partial charge in [0.1, 0.15) is 0 Å². The van der Waals surface area contributed by atoms with Crippen LogP contribution in [0.5, 0.6) is 0 Å². The van der Waals surface area contributed by atoms with E-state index in [2.05, 4.69) is 10.2 Å². The summed E-state index contributed by atoms with van der Waals surface area (Å²) in [5, 5.41) is 13.0. The standard InChI is InChI=1S/C9H18N2O2/c12-9-7-13-6-8(9)11-4-1-2-10-3-5-11/h8-10,12H,1-7H2/t8-,9-/m1/s1. The molecular formula is C9H18N2O2. The zero-order valence-electron chi connectivity index (χ0n) is 7.91. The van der Waals surface area contributed by atoms with Gasteiger partial charge < -0.3 is 15.2 Å². The summed E-state index contributed by atoms with van der Waals surface area (Å²) in [6, 6.07) is 0.236. The maximum atomic E-state index is 9.65. The fourth-order valence-electron chi connectivity index (χ4n) is 2.08. The first-order valence-electron chi connectivity index (χ1n) is 5.08. The minimum Gasteiger partial charge on any atom is -0.389 e. The molecule has 0 aliphatic carbocycles. The molecule has 0 unspecified atom stereocenters. The molecule has 0 amide bonds. The topological polar surface area (TPSA) is 44.7 Å². The quantitative estimate of drug-likeness (QED) is 0.554. The summed E-state index contributed by atoms with van der Waals surface area (Å²) in [6.45, 7) is 5.45. The number of rotatable bonds is 1. The molecule has 2 heterocycles. The van der Waals surface area contributed by atoms with Crippen LogP contribution in [0.15, 0.2) is 0 Å². The van der Waals surface area contributed by atoms with Gasteiger partial charge >= 0.3 is 0 Å². The highest BCUT2D eigenvalue weighted by Crippen LogP contribution is 2.13. The number of aliphatic hydroxyl groups excluding tert-OH is 1. The molecule has 2 aliphatic heterocycles. The molecule has 2 atom stereocenters. The Balaban J connectivity index is 1.89. The van der Waals surface area contributed by atoms with E-state index in [-0.39, 0.29) is 12.1 Å². The highest BCUT2D eigenvalue weighted by atomic mass is 16.5. The molecule has 2 N–H and O–H groups in total. The Kier molecular flexibility index (Phi) is 3.16. The van der Waals surface area contributed by atoms with Crippen molar-refractivity contribution in [1.82, 2.24) is 10.2 Å². The van der Waals surface area contributed by atoms with E-state index in [0.29, 0.717) is 13.2 Å². The van der Waals surface area contributed by atoms with E-state index in [9.17, 15) is 5.11 Å². The van der Waals surface area contributed by atoms with Gasteiger partial charge in [-0.05, 0) is 19.5 Å². The molecule has 0 aromatic heterocycles. The van der Waals surface area contributed by atoms with Crippen LogP contribution in [0.4, 0.5) is 0 Å². The number of aliphatic hydroxyl groups is 1. The smallest absolute Gasteiger partial charge is 0.0950 e. The van der Waals surface area contributed by atoms with Gasteiger partial charge in [-0.2, -0.15) is 0 Å². The van der Waals surface area contributed by atoms with Gasteiger partial charge in [0, 0.05) is 13.1 Å².